The minimum Gasteiger partial charge on any atom is -0.310 e. The van der Waals surface area contributed by atoms with E-state index < -0.39 is 0 Å². The Morgan fingerprint density at radius 3 is 2.90 bits per heavy atom. The average molecular weight is 356 g/mol. The van der Waals surface area contributed by atoms with Gasteiger partial charge in [0.1, 0.15) is 0 Å². The molecule has 3 unspecified atom stereocenters. The highest BCUT2D eigenvalue weighted by molar-refractivity contribution is 9.10. The van der Waals surface area contributed by atoms with Crippen LogP contribution in [0.1, 0.15) is 58.1 Å². The van der Waals surface area contributed by atoms with E-state index in [0.29, 0.717) is 6.04 Å². The molecule has 0 aromatic heterocycles. The summed E-state index contributed by atoms with van der Waals surface area (Å²) in [6.45, 7) is 7.85. The van der Waals surface area contributed by atoms with Crippen LogP contribution in [0.25, 0.3) is 0 Å². The molecule has 3 atom stereocenters. The maximum absolute atomic E-state index is 3.63. The van der Waals surface area contributed by atoms with E-state index in [4.69, 9.17) is 0 Å². The molecule has 0 amide bonds. The highest BCUT2D eigenvalue weighted by atomic mass is 79.9. The van der Waals surface area contributed by atoms with E-state index in [0.717, 1.165) is 17.7 Å². The molecule has 0 heterocycles. The molecule has 1 aromatic rings. The summed E-state index contributed by atoms with van der Waals surface area (Å²) in [6.07, 6.45) is 5.55. The van der Waals surface area contributed by atoms with Gasteiger partial charge in [-0.25, -0.2) is 0 Å². The Morgan fingerprint density at radius 2 is 2.20 bits per heavy atom. The lowest BCUT2D eigenvalue weighted by Gasteiger charge is -2.27. The number of nitrogens with one attached hydrogen (secondary N) is 1. The first-order valence-corrected chi connectivity index (χ1v) is 9.47. The van der Waals surface area contributed by atoms with E-state index >= 15 is 0 Å². The van der Waals surface area contributed by atoms with Crippen molar-refractivity contribution < 1.29 is 0 Å². The molecule has 1 aliphatic rings. The second-order valence-electron chi connectivity index (χ2n) is 5.97. The van der Waals surface area contributed by atoms with Crippen molar-refractivity contribution in [2.75, 3.05) is 6.54 Å². The van der Waals surface area contributed by atoms with Crippen LogP contribution in [-0.2, 0) is 0 Å². The van der Waals surface area contributed by atoms with E-state index in [1.165, 1.54) is 40.6 Å². The third-order valence-corrected chi connectivity index (χ3v) is 6.00. The lowest BCUT2D eigenvalue weighted by molar-refractivity contribution is 0.394. The number of hydrogen-bond donors (Lipinski definition) is 1. The van der Waals surface area contributed by atoms with Crippen LogP contribution in [0.2, 0.25) is 0 Å². The van der Waals surface area contributed by atoms with E-state index in [1.54, 1.807) is 0 Å². The summed E-state index contributed by atoms with van der Waals surface area (Å²) >= 11 is 5.72. The molecule has 0 saturated heterocycles. The van der Waals surface area contributed by atoms with Gasteiger partial charge in [0.25, 0.3) is 0 Å². The van der Waals surface area contributed by atoms with E-state index in [9.17, 15) is 0 Å². The summed E-state index contributed by atoms with van der Waals surface area (Å²) in [4.78, 5) is 1.45. The van der Waals surface area contributed by atoms with Crippen LogP contribution in [0.3, 0.4) is 0 Å². The molecule has 20 heavy (non-hydrogen) atoms. The molecule has 2 rings (SSSR count). The SMILES string of the molecule is CCNC(C)c1ccc(Br)cc1SC1CCCC(C)C1. The summed E-state index contributed by atoms with van der Waals surface area (Å²) in [5.41, 5.74) is 1.44. The smallest absolute Gasteiger partial charge is 0.0302 e. The fourth-order valence-corrected chi connectivity index (χ4v) is 5.21. The molecule has 0 bridgehead atoms. The predicted molar refractivity (Wildman–Crippen MR) is 93.5 cm³/mol. The molecule has 0 radical (unpaired) electrons. The lowest BCUT2D eigenvalue weighted by atomic mass is 9.91. The standard InChI is InChI=1S/C17H26BrNS/c1-4-19-13(3)16-9-8-14(18)11-17(16)20-15-7-5-6-12(2)10-15/h8-9,11-13,15,19H,4-7,10H2,1-3H3. The lowest BCUT2D eigenvalue weighted by Crippen LogP contribution is -2.19. The molecule has 1 saturated carbocycles. The van der Waals surface area contributed by atoms with Crippen LogP contribution in [-0.4, -0.2) is 11.8 Å². The molecular weight excluding hydrogens is 330 g/mol. The topological polar surface area (TPSA) is 12.0 Å². The van der Waals surface area contributed by atoms with Gasteiger partial charge in [-0.3, -0.25) is 0 Å². The number of rotatable bonds is 5. The van der Waals surface area contributed by atoms with Gasteiger partial charge in [-0.05, 0) is 49.9 Å². The quantitative estimate of drug-likeness (QED) is 0.717. The molecule has 0 spiro atoms. The zero-order valence-electron chi connectivity index (χ0n) is 12.8. The summed E-state index contributed by atoms with van der Waals surface area (Å²) in [6, 6.07) is 7.16. The second kappa shape index (κ2) is 7.86. The first-order chi connectivity index (χ1) is 9.60. The van der Waals surface area contributed by atoms with Crippen molar-refractivity contribution >= 4 is 27.7 Å². The summed E-state index contributed by atoms with van der Waals surface area (Å²) in [7, 11) is 0. The van der Waals surface area contributed by atoms with Crippen LogP contribution < -0.4 is 5.32 Å². The summed E-state index contributed by atoms with van der Waals surface area (Å²) in [5.74, 6) is 0.892. The van der Waals surface area contributed by atoms with Gasteiger partial charge in [0.2, 0.25) is 0 Å². The van der Waals surface area contributed by atoms with Gasteiger partial charge in [-0.2, -0.15) is 0 Å². The van der Waals surface area contributed by atoms with Crippen LogP contribution in [0.5, 0.6) is 0 Å². The monoisotopic (exact) mass is 355 g/mol. The summed E-state index contributed by atoms with van der Waals surface area (Å²) < 4.78 is 1.19. The normalized spacial score (nSPS) is 24.6. The van der Waals surface area contributed by atoms with Crippen molar-refractivity contribution in [3.8, 4) is 0 Å². The van der Waals surface area contributed by atoms with Crippen LogP contribution >= 0.6 is 27.7 Å². The van der Waals surface area contributed by atoms with Gasteiger partial charge in [-0.15, -0.1) is 11.8 Å². The zero-order valence-corrected chi connectivity index (χ0v) is 15.2. The Balaban J connectivity index is 2.14. The number of hydrogen-bond acceptors (Lipinski definition) is 2. The average Bonchev–Trinajstić information content (AvgIpc) is 2.39. The molecule has 1 fully saturated rings. The van der Waals surface area contributed by atoms with Crippen molar-refractivity contribution in [1.29, 1.82) is 0 Å². The maximum atomic E-state index is 3.63. The molecule has 1 nitrogen and oxygen atoms in total. The predicted octanol–water partition coefficient (Wildman–Crippen LogP) is 5.79. The van der Waals surface area contributed by atoms with E-state index in [2.05, 4.69) is 72.0 Å². The highest BCUT2D eigenvalue weighted by Crippen LogP contribution is 2.39. The van der Waals surface area contributed by atoms with Gasteiger partial charge in [0, 0.05) is 20.7 Å². The fourth-order valence-electron chi connectivity index (χ4n) is 3.05. The molecule has 112 valence electrons. The van der Waals surface area contributed by atoms with E-state index in [1.807, 2.05) is 0 Å². The molecule has 3 heteroatoms. The van der Waals surface area contributed by atoms with Gasteiger partial charge in [-0.1, -0.05) is 48.7 Å². The molecule has 1 N–H and O–H groups in total. The minimum absolute atomic E-state index is 0.427. The Labute approximate surface area is 136 Å². The van der Waals surface area contributed by atoms with Crippen molar-refractivity contribution in [3.05, 3.63) is 28.2 Å². The number of thioether (sulfide) groups is 1. The molecule has 1 aliphatic carbocycles. The molecule has 1 aromatic carbocycles. The van der Waals surface area contributed by atoms with Gasteiger partial charge < -0.3 is 5.32 Å². The first kappa shape index (κ1) is 16.4. The zero-order chi connectivity index (χ0) is 14.5. The van der Waals surface area contributed by atoms with Gasteiger partial charge >= 0.3 is 0 Å². The number of benzene rings is 1. The van der Waals surface area contributed by atoms with Crippen molar-refractivity contribution in [1.82, 2.24) is 5.32 Å². The summed E-state index contributed by atoms with van der Waals surface area (Å²) in [5, 5.41) is 4.33. The third kappa shape index (κ3) is 4.51. The van der Waals surface area contributed by atoms with Gasteiger partial charge in [0.15, 0.2) is 0 Å². The fraction of sp³-hybridized carbons (Fsp3) is 0.647. The third-order valence-electron chi connectivity index (χ3n) is 4.13. The van der Waals surface area contributed by atoms with Crippen molar-refractivity contribution in [2.24, 2.45) is 5.92 Å². The number of halogens is 1. The Bertz CT molecular complexity index is 435. The van der Waals surface area contributed by atoms with Crippen molar-refractivity contribution in [3.63, 3.8) is 0 Å². The highest BCUT2D eigenvalue weighted by Gasteiger charge is 2.21. The van der Waals surface area contributed by atoms with E-state index in [-0.39, 0.29) is 0 Å². The van der Waals surface area contributed by atoms with Crippen LogP contribution in [0, 0.1) is 5.92 Å². The largest absolute Gasteiger partial charge is 0.310 e. The second-order valence-corrected chi connectivity index (χ2v) is 8.23. The molecular formula is C17H26BrNS. The minimum atomic E-state index is 0.427. The Kier molecular flexibility index (Phi) is 6.44. The Morgan fingerprint density at radius 1 is 1.40 bits per heavy atom. The maximum Gasteiger partial charge on any atom is 0.0302 e. The first-order valence-electron chi connectivity index (χ1n) is 7.79. The van der Waals surface area contributed by atoms with Crippen LogP contribution in [0.15, 0.2) is 27.6 Å². The molecule has 0 aliphatic heterocycles. The van der Waals surface area contributed by atoms with Gasteiger partial charge in [0.05, 0.1) is 0 Å². The van der Waals surface area contributed by atoms with Crippen molar-refractivity contribution in [2.45, 2.75) is 62.6 Å². The Hall–Kier alpha value is 0.01000. The van der Waals surface area contributed by atoms with Crippen LogP contribution in [0.4, 0.5) is 0 Å².